The molecule has 0 spiro atoms. The van der Waals surface area contributed by atoms with E-state index in [9.17, 15) is 4.79 Å². The molecule has 5 heteroatoms. The maximum Gasteiger partial charge on any atom is 0.227 e. The number of fused-ring (bicyclic) bond motifs is 1. The molecule has 23 heavy (non-hydrogen) atoms. The third-order valence-electron chi connectivity index (χ3n) is 5.14. The summed E-state index contributed by atoms with van der Waals surface area (Å²) in [5.74, 6) is 2.08. The topological polar surface area (TPSA) is 50.8 Å². The van der Waals surface area contributed by atoms with Crippen LogP contribution in [0.1, 0.15) is 37.3 Å². The molecule has 0 saturated carbocycles. The monoisotopic (exact) mass is 316 g/mol. The third-order valence-corrected chi connectivity index (χ3v) is 5.14. The Balaban J connectivity index is 1.59. The fourth-order valence-corrected chi connectivity index (χ4v) is 4.01. The van der Waals surface area contributed by atoms with Crippen LogP contribution >= 0.6 is 0 Å². The van der Waals surface area contributed by atoms with Crippen molar-refractivity contribution in [3.63, 3.8) is 0 Å². The van der Waals surface area contributed by atoms with E-state index in [1.165, 1.54) is 0 Å². The number of carbonyl (C=O) groups excluding carboxylic acids is 1. The maximum absolute atomic E-state index is 13.0. The van der Waals surface area contributed by atoms with E-state index in [1.54, 1.807) is 0 Å². The highest BCUT2D eigenvalue weighted by molar-refractivity contribution is 5.80. The number of likely N-dealkylation sites (tertiary alicyclic amines) is 1. The Morgan fingerprint density at radius 1 is 1.17 bits per heavy atom. The molecule has 0 aliphatic carbocycles. The van der Waals surface area contributed by atoms with Gasteiger partial charge in [0.15, 0.2) is 11.5 Å². The summed E-state index contributed by atoms with van der Waals surface area (Å²) in [5.41, 5.74) is 1.11. The average Bonchev–Trinajstić information content (AvgIpc) is 3.11. The predicted octanol–water partition coefficient (Wildman–Crippen LogP) is 2.12. The quantitative estimate of drug-likeness (QED) is 0.908. The number of hydrogen-bond donors (Lipinski definition) is 1. The molecular formula is C18H24N2O3. The Bertz CT molecular complexity index is 584. The largest absolute Gasteiger partial charge is 0.486 e. The number of para-hydroxylation sites is 1. The molecule has 4 rings (SSSR count). The van der Waals surface area contributed by atoms with Crippen LogP contribution in [0, 0.1) is 5.92 Å². The first kappa shape index (κ1) is 14.8. The van der Waals surface area contributed by atoms with Crippen molar-refractivity contribution in [2.24, 2.45) is 5.92 Å². The van der Waals surface area contributed by atoms with Crippen LogP contribution in [0.4, 0.5) is 0 Å². The van der Waals surface area contributed by atoms with E-state index in [0.717, 1.165) is 62.4 Å². The molecule has 1 amide bonds. The number of nitrogens with one attached hydrogen (secondary N) is 1. The van der Waals surface area contributed by atoms with Gasteiger partial charge in [0.25, 0.3) is 0 Å². The molecule has 0 aromatic heterocycles. The van der Waals surface area contributed by atoms with Crippen molar-refractivity contribution in [1.82, 2.24) is 10.2 Å². The van der Waals surface area contributed by atoms with Crippen LogP contribution in [0.3, 0.4) is 0 Å². The third kappa shape index (κ3) is 2.78. The summed E-state index contributed by atoms with van der Waals surface area (Å²) in [4.78, 5) is 15.0. The van der Waals surface area contributed by atoms with E-state index in [4.69, 9.17) is 9.47 Å². The number of hydrogen-bond acceptors (Lipinski definition) is 4. The van der Waals surface area contributed by atoms with Crippen LogP contribution in [-0.2, 0) is 4.79 Å². The Hall–Kier alpha value is -1.75. The van der Waals surface area contributed by atoms with E-state index < -0.39 is 0 Å². The van der Waals surface area contributed by atoms with Gasteiger partial charge in [-0.2, -0.15) is 0 Å². The maximum atomic E-state index is 13.0. The van der Waals surface area contributed by atoms with Crippen LogP contribution < -0.4 is 14.8 Å². The number of ether oxygens (including phenoxy) is 2. The molecule has 2 saturated heterocycles. The van der Waals surface area contributed by atoms with Gasteiger partial charge in [0.05, 0.1) is 12.0 Å². The molecule has 1 N–H and O–H groups in total. The summed E-state index contributed by atoms with van der Waals surface area (Å²) in [6.45, 7) is 3.87. The predicted molar refractivity (Wildman–Crippen MR) is 86.7 cm³/mol. The average molecular weight is 316 g/mol. The normalized spacial score (nSPS) is 27.0. The highest BCUT2D eigenvalue weighted by atomic mass is 16.6. The molecule has 5 nitrogen and oxygen atoms in total. The summed E-state index contributed by atoms with van der Waals surface area (Å²) in [6.07, 6.45) is 4.15. The highest BCUT2D eigenvalue weighted by Gasteiger charge is 2.36. The van der Waals surface area contributed by atoms with E-state index in [-0.39, 0.29) is 12.0 Å². The second kappa shape index (κ2) is 6.40. The van der Waals surface area contributed by atoms with Gasteiger partial charge in [0.1, 0.15) is 13.2 Å². The van der Waals surface area contributed by atoms with Gasteiger partial charge in [0, 0.05) is 18.7 Å². The van der Waals surface area contributed by atoms with Gasteiger partial charge in [-0.25, -0.2) is 0 Å². The summed E-state index contributed by atoms with van der Waals surface area (Å²) in [6, 6.07) is 6.17. The minimum Gasteiger partial charge on any atom is -0.486 e. The molecule has 1 aromatic carbocycles. The second-order valence-corrected chi connectivity index (χ2v) is 6.60. The van der Waals surface area contributed by atoms with Crippen molar-refractivity contribution >= 4 is 5.91 Å². The number of amides is 1. The molecule has 124 valence electrons. The number of carbonyl (C=O) groups is 1. The molecule has 0 bridgehead atoms. The highest BCUT2D eigenvalue weighted by Crippen LogP contribution is 2.43. The van der Waals surface area contributed by atoms with Gasteiger partial charge in [-0.05, 0) is 38.3 Å². The van der Waals surface area contributed by atoms with Crippen LogP contribution in [0.15, 0.2) is 18.2 Å². The zero-order chi connectivity index (χ0) is 15.6. The van der Waals surface area contributed by atoms with Crippen molar-refractivity contribution in [3.05, 3.63) is 23.8 Å². The van der Waals surface area contributed by atoms with Crippen molar-refractivity contribution in [2.75, 3.05) is 32.8 Å². The zero-order valence-electron chi connectivity index (χ0n) is 13.4. The van der Waals surface area contributed by atoms with Gasteiger partial charge in [0.2, 0.25) is 5.91 Å². The van der Waals surface area contributed by atoms with Gasteiger partial charge < -0.3 is 19.7 Å². The van der Waals surface area contributed by atoms with Crippen molar-refractivity contribution in [3.8, 4) is 11.5 Å². The number of rotatable bonds is 2. The van der Waals surface area contributed by atoms with Gasteiger partial charge in [-0.3, -0.25) is 4.79 Å². The first-order valence-corrected chi connectivity index (χ1v) is 8.74. The van der Waals surface area contributed by atoms with Crippen LogP contribution in [0.5, 0.6) is 11.5 Å². The minimum absolute atomic E-state index is 0.126. The Labute approximate surface area is 136 Å². The van der Waals surface area contributed by atoms with Crippen molar-refractivity contribution < 1.29 is 14.3 Å². The van der Waals surface area contributed by atoms with Crippen LogP contribution in [0.2, 0.25) is 0 Å². The molecule has 2 unspecified atom stereocenters. The van der Waals surface area contributed by atoms with Gasteiger partial charge in [-0.1, -0.05) is 12.1 Å². The second-order valence-electron chi connectivity index (χ2n) is 6.60. The smallest absolute Gasteiger partial charge is 0.227 e. The summed E-state index contributed by atoms with van der Waals surface area (Å²) >= 11 is 0. The van der Waals surface area contributed by atoms with Gasteiger partial charge in [-0.15, -0.1) is 0 Å². The molecular weight excluding hydrogens is 292 g/mol. The Kier molecular flexibility index (Phi) is 4.12. The molecule has 3 heterocycles. The first-order chi connectivity index (χ1) is 11.3. The Morgan fingerprint density at radius 2 is 2.09 bits per heavy atom. The summed E-state index contributed by atoms with van der Waals surface area (Å²) in [7, 11) is 0. The van der Waals surface area contributed by atoms with E-state index >= 15 is 0 Å². The summed E-state index contributed by atoms with van der Waals surface area (Å²) in [5, 5.41) is 3.35. The van der Waals surface area contributed by atoms with E-state index in [1.807, 2.05) is 12.1 Å². The van der Waals surface area contributed by atoms with Crippen molar-refractivity contribution in [1.29, 1.82) is 0 Å². The van der Waals surface area contributed by atoms with Crippen LogP contribution in [0.25, 0.3) is 0 Å². The lowest BCUT2D eigenvalue weighted by molar-refractivity contribution is -0.137. The number of piperidine rings is 1. The van der Waals surface area contributed by atoms with Gasteiger partial charge >= 0.3 is 0 Å². The molecule has 0 radical (unpaired) electrons. The van der Waals surface area contributed by atoms with Crippen LogP contribution in [-0.4, -0.2) is 43.7 Å². The van der Waals surface area contributed by atoms with Crippen molar-refractivity contribution in [2.45, 2.75) is 31.7 Å². The van der Waals surface area contributed by atoms with E-state index in [2.05, 4.69) is 16.3 Å². The standard InChI is InChI=1S/C18H24N2O3/c21-18(13-4-2-8-19-12-13)20-9-3-6-15(20)14-5-1-7-16-17(14)23-11-10-22-16/h1,5,7,13,15,19H,2-4,6,8-12H2. The minimum atomic E-state index is 0.126. The Morgan fingerprint density at radius 3 is 2.96 bits per heavy atom. The lowest BCUT2D eigenvalue weighted by Crippen LogP contribution is -2.42. The fraction of sp³-hybridized carbons (Fsp3) is 0.611. The molecule has 2 fully saturated rings. The summed E-state index contributed by atoms with van der Waals surface area (Å²) < 4.78 is 11.6. The molecule has 1 aromatic rings. The SMILES string of the molecule is O=C(C1CCCNC1)N1CCCC1c1cccc2c1OCCO2. The molecule has 2 atom stereocenters. The number of benzene rings is 1. The van der Waals surface area contributed by atoms with E-state index in [0.29, 0.717) is 19.1 Å². The lowest BCUT2D eigenvalue weighted by atomic mass is 9.96. The number of nitrogens with zero attached hydrogens (tertiary/aromatic N) is 1. The lowest BCUT2D eigenvalue weighted by Gasteiger charge is -2.32. The first-order valence-electron chi connectivity index (χ1n) is 8.74. The molecule has 3 aliphatic rings. The fourth-order valence-electron chi connectivity index (χ4n) is 4.01. The zero-order valence-corrected chi connectivity index (χ0v) is 13.4. The molecule has 3 aliphatic heterocycles.